The Labute approximate surface area is 204 Å². The molecule has 1 aromatic carbocycles. The molecule has 0 spiro atoms. The van der Waals surface area contributed by atoms with Crippen molar-refractivity contribution in [2.24, 2.45) is 12.8 Å². The van der Waals surface area contributed by atoms with Gasteiger partial charge in [0.2, 0.25) is 5.95 Å². The first-order valence-electron chi connectivity index (χ1n) is 11.8. The maximum atomic E-state index is 13.7. The molecule has 1 aliphatic heterocycles. The molecular formula is C25H34N6O2S. The summed E-state index contributed by atoms with van der Waals surface area (Å²) >= 11 is 1.69. The van der Waals surface area contributed by atoms with Gasteiger partial charge in [-0.3, -0.25) is 13.9 Å². The van der Waals surface area contributed by atoms with Crippen LogP contribution in [0.4, 0.5) is 5.95 Å². The first kappa shape index (κ1) is 24.3. The van der Waals surface area contributed by atoms with E-state index >= 15 is 0 Å². The van der Waals surface area contributed by atoms with Crippen LogP contribution in [0.3, 0.4) is 0 Å². The number of piperidine rings is 1. The number of allylic oxidation sites excluding steroid dienone is 2. The van der Waals surface area contributed by atoms with Crippen molar-refractivity contribution < 1.29 is 0 Å². The van der Waals surface area contributed by atoms with Crippen LogP contribution < -0.4 is 21.9 Å². The number of hydrogen-bond donors (Lipinski definition) is 1. The minimum Gasteiger partial charge on any atom is -0.341 e. The Kier molecular flexibility index (Phi) is 7.33. The summed E-state index contributed by atoms with van der Waals surface area (Å²) < 4.78 is 4.79. The topological polar surface area (TPSA) is 91.1 Å². The molecule has 182 valence electrons. The molecule has 1 fully saturated rings. The first-order chi connectivity index (χ1) is 16.3. The van der Waals surface area contributed by atoms with E-state index < -0.39 is 0 Å². The Morgan fingerprint density at radius 2 is 1.94 bits per heavy atom. The molecule has 9 heteroatoms. The number of nitrogens with two attached hydrogens (primary N) is 1. The largest absolute Gasteiger partial charge is 0.341 e. The number of imidazole rings is 1. The quantitative estimate of drug-likeness (QED) is 0.411. The van der Waals surface area contributed by atoms with Crippen molar-refractivity contribution in [3.05, 3.63) is 62.3 Å². The molecule has 0 radical (unpaired) electrons. The van der Waals surface area contributed by atoms with Crippen molar-refractivity contribution in [1.29, 1.82) is 0 Å². The molecule has 2 aromatic heterocycles. The molecule has 8 nitrogen and oxygen atoms in total. The second-order valence-corrected chi connectivity index (χ2v) is 10.1. The van der Waals surface area contributed by atoms with E-state index in [1.165, 1.54) is 14.0 Å². The predicted octanol–water partition coefficient (Wildman–Crippen LogP) is 2.76. The molecule has 1 saturated heterocycles. The number of aromatic nitrogens is 4. The van der Waals surface area contributed by atoms with E-state index in [-0.39, 0.29) is 17.3 Å². The highest BCUT2D eigenvalue weighted by Crippen LogP contribution is 2.23. The molecular weight excluding hydrogens is 448 g/mol. The third kappa shape index (κ3) is 4.86. The summed E-state index contributed by atoms with van der Waals surface area (Å²) in [5, 5.41) is 0. The van der Waals surface area contributed by atoms with Gasteiger partial charge in [0, 0.05) is 44.2 Å². The van der Waals surface area contributed by atoms with E-state index in [0.29, 0.717) is 43.2 Å². The number of hydrogen-bond acceptors (Lipinski definition) is 6. The fourth-order valence-corrected chi connectivity index (χ4v) is 4.88. The van der Waals surface area contributed by atoms with Gasteiger partial charge in [-0.25, -0.2) is 4.79 Å². The molecule has 1 unspecified atom stereocenters. The van der Waals surface area contributed by atoms with Crippen molar-refractivity contribution >= 4 is 28.9 Å². The zero-order valence-corrected chi connectivity index (χ0v) is 21.3. The average Bonchev–Trinajstić information content (AvgIpc) is 3.21. The lowest BCUT2D eigenvalue weighted by atomic mass is 10.1. The van der Waals surface area contributed by atoms with Gasteiger partial charge in [-0.05, 0) is 57.1 Å². The van der Waals surface area contributed by atoms with Crippen molar-refractivity contribution in [3.63, 3.8) is 0 Å². The van der Waals surface area contributed by atoms with Crippen LogP contribution in [0, 0.1) is 0 Å². The van der Waals surface area contributed by atoms with Crippen LogP contribution in [0.25, 0.3) is 11.2 Å². The second kappa shape index (κ2) is 10.2. The van der Waals surface area contributed by atoms with Crippen molar-refractivity contribution in [3.8, 4) is 0 Å². The van der Waals surface area contributed by atoms with Crippen LogP contribution in [0.15, 0.2) is 50.4 Å². The van der Waals surface area contributed by atoms with E-state index in [1.54, 1.807) is 18.8 Å². The maximum Gasteiger partial charge on any atom is 0.332 e. The summed E-state index contributed by atoms with van der Waals surface area (Å²) in [7, 11) is 1.69. The van der Waals surface area contributed by atoms with Gasteiger partial charge < -0.3 is 15.2 Å². The predicted molar refractivity (Wildman–Crippen MR) is 140 cm³/mol. The highest BCUT2D eigenvalue weighted by molar-refractivity contribution is 7.98. The Bertz CT molecular complexity index is 1310. The number of thioether (sulfide) groups is 1. The fourth-order valence-electron chi connectivity index (χ4n) is 4.47. The molecule has 4 rings (SSSR count). The number of anilines is 1. The standard InChI is InChI=1S/C25H34N6O2S/c1-17(2)11-14-30-21-22(27-24(30)29-13-5-6-19(26)16-29)28(3)25(33)31(23(21)32)15-12-18-7-9-20(34-4)10-8-18/h7-11,19H,5-6,12-16,26H2,1-4H3. The molecule has 3 aromatic rings. The van der Waals surface area contributed by atoms with Crippen LogP contribution in [0.1, 0.15) is 32.3 Å². The maximum absolute atomic E-state index is 13.7. The van der Waals surface area contributed by atoms with Crippen molar-refractivity contribution in [2.75, 3.05) is 24.2 Å². The SMILES string of the molecule is CSc1ccc(CCn2c(=O)c3c(nc(N4CCCC(N)C4)n3CC=C(C)C)n(C)c2=O)cc1. The smallest absolute Gasteiger partial charge is 0.332 e. The summed E-state index contributed by atoms with van der Waals surface area (Å²) in [5.41, 5.74) is 8.74. The average molecular weight is 483 g/mol. The van der Waals surface area contributed by atoms with Crippen molar-refractivity contribution in [2.45, 2.75) is 57.1 Å². The summed E-state index contributed by atoms with van der Waals surface area (Å²) in [6, 6.07) is 8.30. The normalized spacial score (nSPS) is 16.3. The van der Waals surface area contributed by atoms with E-state index in [9.17, 15) is 9.59 Å². The zero-order chi connectivity index (χ0) is 24.4. The summed E-state index contributed by atoms with van der Waals surface area (Å²) in [6.07, 6.45) is 6.68. The van der Waals surface area contributed by atoms with Gasteiger partial charge in [0.1, 0.15) is 0 Å². The fraction of sp³-hybridized carbons (Fsp3) is 0.480. The van der Waals surface area contributed by atoms with Crippen LogP contribution in [0.5, 0.6) is 0 Å². The van der Waals surface area contributed by atoms with E-state index in [0.717, 1.165) is 30.5 Å². The van der Waals surface area contributed by atoms with Gasteiger partial charge in [0.25, 0.3) is 5.56 Å². The minimum absolute atomic E-state index is 0.0726. The van der Waals surface area contributed by atoms with Gasteiger partial charge in [0.05, 0.1) is 0 Å². The molecule has 3 heterocycles. The highest BCUT2D eigenvalue weighted by atomic mass is 32.2. The van der Waals surface area contributed by atoms with Crippen LogP contribution in [-0.2, 0) is 26.6 Å². The van der Waals surface area contributed by atoms with Gasteiger partial charge in [-0.1, -0.05) is 23.8 Å². The first-order valence-corrected chi connectivity index (χ1v) is 13.0. The molecule has 1 aliphatic rings. The molecule has 0 amide bonds. The van der Waals surface area contributed by atoms with Crippen LogP contribution >= 0.6 is 11.8 Å². The van der Waals surface area contributed by atoms with E-state index in [4.69, 9.17) is 10.7 Å². The Hall–Kier alpha value is -2.78. The van der Waals surface area contributed by atoms with Gasteiger partial charge in [0.15, 0.2) is 11.2 Å². The summed E-state index contributed by atoms with van der Waals surface area (Å²) in [5.74, 6) is 0.708. The van der Waals surface area contributed by atoms with Gasteiger partial charge >= 0.3 is 5.69 Å². The van der Waals surface area contributed by atoms with Crippen LogP contribution in [0.2, 0.25) is 0 Å². The molecule has 1 atom stereocenters. The number of rotatable bonds is 7. The zero-order valence-electron chi connectivity index (χ0n) is 20.5. The molecule has 0 bridgehead atoms. The van der Waals surface area contributed by atoms with Gasteiger partial charge in [-0.2, -0.15) is 4.98 Å². The Morgan fingerprint density at radius 3 is 2.59 bits per heavy atom. The molecule has 0 saturated carbocycles. The number of aryl methyl sites for hydroxylation is 2. The van der Waals surface area contributed by atoms with Crippen LogP contribution in [-0.4, -0.2) is 44.1 Å². The minimum atomic E-state index is -0.341. The highest BCUT2D eigenvalue weighted by Gasteiger charge is 2.26. The van der Waals surface area contributed by atoms with Crippen molar-refractivity contribution in [1.82, 2.24) is 18.7 Å². The lowest BCUT2D eigenvalue weighted by Crippen LogP contribution is -2.44. The third-order valence-corrected chi connectivity index (χ3v) is 7.16. The number of benzene rings is 1. The van der Waals surface area contributed by atoms with E-state index in [2.05, 4.69) is 35.2 Å². The Balaban J connectivity index is 1.80. The monoisotopic (exact) mass is 482 g/mol. The lowest BCUT2D eigenvalue weighted by molar-refractivity contribution is 0.495. The Morgan fingerprint density at radius 1 is 1.21 bits per heavy atom. The molecule has 2 N–H and O–H groups in total. The van der Waals surface area contributed by atoms with Gasteiger partial charge in [-0.15, -0.1) is 11.8 Å². The number of nitrogens with zero attached hydrogens (tertiary/aromatic N) is 5. The summed E-state index contributed by atoms with van der Waals surface area (Å²) in [4.78, 5) is 35.0. The third-order valence-electron chi connectivity index (χ3n) is 6.42. The number of fused-ring (bicyclic) bond motifs is 1. The lowest BCUT2D eigenvalue weighted by Gasteiger charge is -2.31. The van der Waals surface area contributed by atoms with E-state index in [1.807, 2.05) is 24.7 Å². The molecule has 0 aliphatic carbocycles. The summed E-state index contributed by atoms with van der Waals surface area (Å²) in [6.45, 7) is 6.42. The second-order valence-electron chi connectivity index (χ2n) is 9.22. The molecule has 34 heavy (non-hydrogen) atoms.